The number of halogens is 1. The van der Waals surface area contributed by atoms with E-state index < -0.39 is 0 Å². The first kappa shape index (κ1) is 8.90. The molecule has 1 aliphatic heterocycles. The Kier molecular flexibility index (Phi) is 1.94. The molecule has 0 spiro atoms. The molecule has 72 valence electrons. The van der Waals surface area contributed by atoms with Crippen molar-refractivity contribution >= 4 is 33.0 Å². The fourth-order valence-corrected chi connectivity index (χ4v) is 4.61. The highest BCUT2D eigenvalue weighted by Crippen LogP contribution is 2.51. The third-order valence-electron chi connectivity index (χ3n) is 3.22. The Balaban J connectivity index is 2.13. The second-order valence-corrected chi connectivity index (χ2v) is 6.28. The summed E-state index contributed by atoms with van der Waals surface area (Å²) < 4.78 is 1.03. The Morgan fingerprint density at radius 2 is 2.36 bits per heavy atom. The molecule has 3 rings (SSSR count). The summed E-state index contributed by atoms with van der Waals surface area (Å²) in [4.78, 5) is 5.08. The Morgan fingerprint density at radius 1 is 1.50 bits per heavy atom. The number of nitrogens with zero attached hydrogens (tertiary/aromatic N) is 1. The molecule has 2 nitrogen and oxygen atoms in total. The first-order valence-corrected chi connectivity index (χ1v) is 6.31. The second kappa shape index (κ2) is 3.06. The van der Waals surface area contributed by atoms with Crippen molar-refractivity contribution in [2.75, 3.05) is 13.1 Å². The van der Waals surface area contributed by atoms with Crippen LogP contribution in [-0.2, 0) is 6.42 Å². The van der Waals surface area contributed by atoms with Gasteiger partial charge in [0.05, 0.1) is 10.4 Å². The van der Waals surface area contributed by atoms with Gasteiger partial charge in [0.1, 0.15) is 0 Å². The quantitative estimate of drug-likeness (QED) is 0.716. The van der Waals surface area contributed by atoms with Gasteiger partial charge in [-0.2, -0.15) is 0 Å². The zero-order chi connectivity index (χ0) is 9.71. The minimum Gasteiger partial charge on any atom is -0.316 e. The van der Waals surface area contributed by atoms with Gasteiger partial charge in [-0.25, -0.2) is 4.85 Å². The molecule has 0 radical (unpaired) electrons. The Morgan fingerprint density at radius 3 is 3.14 bits per heavy atom. The molecule has 1 fully saturated rings. The van der Waals surface area contributed by atoms with Gasteiger partial charge in [-0.15, -0.1) is 11.3 Å². The van der Waals surface area contributed by atoms with E-state index in [1.807, 2.05) is 0 Å². The van der Waals surface area contributed by atoms with Crippen LogP contribution in [-0.4, -0.2) is 13.1 Å². The van der Waals surface area contributed by atoms with Crippen molar-refractivity contribution in [2.45, 2.75) is 12.3 Å². The number of nitrogens with one attached hydrogen (secondary N) is 1. The number of hydrogen-bond donors (Lipinski definition) is 1. The van der Waals surface area contributed by atoms with Crippen molar-refractivity contribution in [1.29, 1.82) is 0 Å². The van der Waals surface area contributed by atoms with Gasteiger partial charge in [0.25, 0.3) is 0 Å². The molecule has 1 aromatic rings. The van der Waals surface area contributed by atoms with E-state index in [1.54, 1.807) is 11.3 Å². The summed E-state index contributed by atoms with van der Waals surface area (Å²) in [6, 6.07) is 0. The van der Waals surface area contributed by atoms with Gasteiger partial charge in [0.15, 0.2) is 0 Å². The average Bonchev–Trinajstić information content (AvgIpc) is 2.76. The molecule has 2 atom stereocenters. The van der Waals surface area contributed by atoms with Crippen LogP contribution in [0.25, 0.3) is 4.85 Å². The minimum atomic E-state index is 0.682. The molecule has 2 unspecified atom stereocenters. The summed E-state index contributed by atoms with van der Waals surface area (Å²) in [6.45, 7) is 9.39. The SMILES string of the molecule is [C-]#[N+]c1c(Br)sc2c1CC1CNCC21. The fourth-order valence-electron chi connectivity index (χ4n) is 2.57. The first-order chi connectivity index (χ1) is 6.81. The van der Waals surface area contributed by atoms with E-state index >= 15 is 0 Å². The molecule has 4 heteroatoms. The van der Waals surface area contributed by atoms with Gasteiger partial charge in [-0.1, -0.05) is 15.9 Å². The summed E-state index contributed by atoms with van der Waals surface area (Å²) in [7, 11) is 0. The maximum atomic E-state index is 7.16. The summed E-state index contributed by atoms with van der Waals surface area (Å²) in [5.74, 6) is 1.44. The zero-order valence-corrected chi connectivity index (χ0v) is 9.91. The Bertz CT molecular complexity index is 432. The van der Waals surface area contributed by atoms with Gasteiger partial charge >= 0.3 is 0 Å². The summed E-state index contributed by atoms with van der Waals surface area (Å²) in [5, 5.41) is 3.43. The highest BCUT2D eigenvalue weighted by molar-refractivity contribution is 9.11. The predicted octanol–water partition coefficient (Wildman–Crippen LogP) is 2.92. The molecule has 2 aliphatic rings. The topological polar surface area (TPSA) is 16.4 Å². The number of hydrogen-bond acceptors (Lipinski definition) is 2. The highest BCUT2D eigenvalue weighted by Gasteiger charge is 2.39. The smallest absolute Gasteiger partial charge is 0.215 e. The van der Waals surface area contributed by atoms with Crippen LogP contribution in [0.2, 0.25) is 0 Å². The van der Waals surface area contributed by atoms with Crippen LogP contribution < -0.4 is 5.32 Å². The van der Waals surface area contributed by atoms with Crippen molar-refractivity contribution < 1.29 is 0 Å². The zero-order valence-electron chi connectivity index (χ0n) is 7.51. The normalized spacial score (nSPS) is 28.6. The van der Waals surface area contributed by atoms with Gasteiger partial charge in [-0.05, 0) is 24.4 Å². The maximum absolute atomic E-state index is 7.16. The monoisotopic (exact) mass is 268 g/mol. The van der Waals surface area contributed by atoms with Crippen molar-refractivity contribution in [3.8, 4) is 0 Å². The van der Waals surface area contributed by atoms with Crippen molar-refractivity contribution in [2.24, 2.45) is 5.92 Å². The van der Waals surface area contributed by atoms with E-state index in [0.717, 1.165) is 34.9 Å². The number of thiophene rings is 1. The van der Waals surface area contributed by atoms with Crippen LogP contribution in [0.15, 0.2) is 3.79 Å². The standard InChI is InChI=1S/C10H9BrN2S/c1-12-8-6-2-5-3-13-4-7(5)9(6)14-10(8)11/h5,7,13H,2-4H2. The summed E-state index contributed by atoms with van der Waals surface area (Å²) in [6.07, 6.45) is 1.10. The lowest BCUT2D eigenvalue weighted by atomic mass is 10.0. The number of fused-ring (bicyclic) bond motifs is 3. The maximum Gasteiger partial charge on any atom is 0.215 e. The van der Waals surface area contributed by atoms with E-state index in [1.165, 1.54) is 10.4 Å². The Hall–Kier alpha value is -0.370. The van der Waals surface area contributed by atoms with Crippen LogP contribution >= 0.6 is 27.3 Å². The molecule has 0 aromatic carbocycles. The molecule has 1 saturated heterocycles. The van der Waals surface area contributed by atoms with E-state index in [2.05, 4.69) is 26.1 Å². The minimum absolute atomic E-state index is 0.682. The predicted molar refractivity (Wildman–Crippen MR) is 61.1 cm³/mol. The van der Waals surface area contributed by atoms with Crippen molar-refractivity contribution in [1.82, 2.24) is 5.32 Å². The molecule has 0 saturated carbocycles. The van der Waals surface area contributed by atoms with Crippen molar-refractivity contribution in [3.05, 3.63) is 25.6 Å². The van der Waals surface area contributed by atoms with Gasteiger partial charge in [0.2, 0.25) is 5.69 Å². The van der Waals surface area contributed by atoms with Crippen LogP contribution in [0.3, 0.4) is 0 Å². The van der Waals surface area contributed by atoms with Gasteiger partial charge < -0.3 is 5.32 Å². The number of rotatable bonds is 0. The largest absolute Gasteiger partial charge is 0.316 e. The van der Waals surface area contributed by atoms with Crippen molar-refractivity contribution in [3.63, 3.8) is 0 Å². The molecule has 1 aliphatic carbocycles. The molecule has 1 N–H and O–H groups in total. The summed E-state index contributed by atoms with van der Waals surface area (Å²) >= 11 is 5.25. The van der Waals surface area contributed by atoms with Crippen LogP contribution in [0.4, 0.5) is 5.69 Å². The lowest BCUT2D eigenvalue weighted by molar-refractivity contribution is 0.567. The fraction of sp³-hybridized carbons (Fsp3) is 0.500. The molecule has 0 amide bonds. The van der Waals surface area contributed by atoms with Crippen LogP contribution in [0.5, 0.6) is 0 Å². The van der Waals surface area contributed by atoms with E-state index in [4.69, 9.17) is 6.57 Å². The second-order valence-electron chi connectivity index (χ2n) is 3.91. The highest BCUT2D eigenvalue weighted by atomic mass is 79.9. The average molecular weight is 269 g/mol. The van der Waals surface area contributed by atoms with E-state index in [-0.39, 0.29) is 0 Å². The van der Waals surface area contributed by atoms with Gasteiger partial charge in [0, 0.05) is 17.3 Å². The molecular weight excluding hydrogens is 260 g/mol. The first-order valence-electron chi connectivity index (χ1n) is 4.70. The van der Waals surface area contributed by atoms with E-state index in [9.17, 15) is 0 Å². The molecule has 1 aromatic heterocycles. The third kappa shape index (κ3) is 1.04. The lowest BCUT2D eigenvalue weighted by Crippen LogP contribution is -2.10. The lowest BCUT2D eigenvalue weighted by Gasteiger charge is -2.06. The third-order valence-corrected chi connectivity index (χ3v) is 5.23. The van der Waals surface area contributed by atoms with Crippen LogP contribution in [0, 0.1) is 12.5 Å². The molecule has 2 heterocycles. The summed E-state index contributed by atoms with van der Waals surface area (Å²) in [5.41, 5.74) is 2.20. The van der Waals surface area contributed by atoms with Gasteiger partial charge in [-0.3, -0.25) is 0 Å². The van der Waals surface area contributed by atoms with E-state index in [0.29, 0.717) is 5.92 Å². The van der Waals surface area contributed by atoms with Crippen LogP contribution in [0.1, 0.15) is 16.4 Å². The molecule has 0 bridgehead atoms. The molecule has 14 heavy (non-hydrogen) atoms. The molecular formula is C10H9BrN2S. The Labute approximate surface area is 95.3 Å².